The molecule has 23 heavy (non-hydrogen) atoms. The molecule has 0 spiro atoms. The lowest BCUT2D eigenvalue weighted by atomic mass is 10.1. The molecule has 2 aromatic carbocycles. The molecule has 0 N–H and O–H groups in total. The van der Waals surface area contributed by atoms with Gasteiger partial charge in [0.1, 0.15) is 5.69 Å². The van der Waals surface area contributed by atoms with Gasteiger partial charge in [0.15, 0.2) is 17.3 Å². The zero-order chi connectivity index (χ0) is 15.4. The molecule has 0 atom stereocenters. The van der Waals surface area contributed by atoms with Crippen LogP contribution in [0.25, 0.3) is 0 Å². The summed E-state index contributed by atoms with van der Waals surface area (Å²) in [5, 5.41) is 0. The standard InChI is InChI=1S/C19H14N2OS/c1-2-12-8-9-16-13(11-12)21-18-14(5-3-7-17(18)23-16)22-15-6-4-10-20-19(15)21/h3-11H,2H2,1H3. The number of hydrogen-bond acceptors (Lipinski definition) is 4. The van der Waals surface area contributed by atoms with Crippen LogP contribution in [0.15, 0.2) is 64.5 Å². The van der Waals surface area contributed by atoms with E-state index in [1.54, 1.807) is 11.8 Å². The van der Waals surface area contributed by atoms with Crippen LogP contribution in [0.3, 0.4) is 0 Å². The van der Waals surface area contributed by atoms with Crippen LogP contribution >= 0.6 is 11.8 Å². The Kier molecular flexibility index (Phi) is 2.70. The summed E-state index contributed by atoms with van der Waals surface area (Å²) in [6.45, 7) is 2.18. The molecule has 3 nitrogen and oxygen atoms in total. The summed E-state index contributed by atoms with van der Waals surface area (Å²) in [6, 6.07) is 16.8. The average Bonchev–Trinajstić information content (AvgIpc) is 2.61. The molecule has 0 amide bonds. The molecule has 3 heterocycles. The highest BCUT2D eigenvalue weighted by Crippen LogP contribution is 2.58. The van der Waals surface area contributed by atoms with Gasteiger partial charge < -0.3 is 4.74 Å². The van der Waals surface area contributed by atoms with Crippen molar-refractivity contribution in [2.75, 3.05) is 4.90 Å². The molecule has 4 heteroatoms. The van der Waals surface area contributed by atoms with E-state index in [0.29, 0.717) is 0 Å². The van der Waals surface area contributed by atoms with Crippen LogP contribution in [0.5, 0.6) is 11.5 Å². The van der Waals surface area contributed by atoms with Crippen LogP contribution < -0.4 is 9.64 Å². The molecule has 3 aromatic rings. The van der Waals surface area contributed by atoms with Crippen molar-refractivity contribution in [2.24, 2.45) is 0 Å². The molecule has 112 valence electrons. The molecular weight excluding hydrogens is 304 g/mol. The molecule has 2 aliphatic heterocycles. The van der Waals surface area contributed by atoms with E-state index in [0.717, 1.165) is 29.4 Å². The number of aromatic nitrogens is 1. The number of fused-ring (bicyclic) bond motifs is 4. The third-order valence-electron chi connectivity index (χ3n) is 4.26. The fraction of sp³-hybridized carbons (Fsp3) is 0.105. The lowest BCUT2D eigenvalue weighted by Gasteiger charge is -2.37. The number of nitrogens with zero attached hydrogens (tertiary/aromatic N) is 2. The second-order valence-corrected chi connectivity index (χ2v) is 6.71. The van der Waals surface area contributed by atoms with Crippen molar-refractivity contribution in [1.82, 2.24) is 4.98 Å². The molecule has 1 aromatic heterocycles. The van der Waals surface area contributed by atoms with Crippen molar-refractivity contribution in [3.8, 4) is 11.5 Å². The molecule has 0 bridgehead atoms. The Balaban J connectivity index is 1.83. The minimum Gasteiger partial charge on any atom is -0.451 e. The molecule has 0 saturated carbocycles. The van der Waals surface area contributed by atoms with E-state index in [9.17, 15) is 0 Å². The van der Waals surface area contributed by atoms with Gasteiger partial charge in [-0.05, 0) is 48.4 Å². The van der Waals surface area contributed by atoms with E-state index in [1.807, 2.05) is 30.5 Å². The van der Waals surface area contributed by atoms with Crippen LogP contribution in [0, 0.1) is 0 Å². The molecule has 5 rings (SSSR count). The summed E-state index contributed by atoms with van der Waals surface area (Å²) >= 11 is 1.79. The van der Waals surface area contributed by atoms with Gasteiger partial charge in [0.05, 0.1) is 5.69 Å². The van der Waals surface area contributed by atoms with E-state index in [4.69, 9.17) is 4.74 Å². The largest absolute Gasteiger partial charge is 0.451 e. The third-order valence-corrected chi connectivity index (χ3v) is 5.38. The smallest absolute Gasteiger partial charge is 0.181 e. The van der Waals surface area contributed by atoms with Crippen molar-refractivity contribution in [2.45, 2.75) is 23.1 Å². The van der Waals surface area contributed by atoms with Crippen LogP contribution in [-0.4, -0.2) is 4.98 Å². The predicted molar refractivity (Wildman–Crippen MR) is 92.5 cm³/mol. The molecule has 0 fully saturated rings. The number of pyridine rings is 1. The maximum absolute atomic E-state index is 6.08. The first-order valence-corrected chi connectivity index (χ1v) is 8.53. The highest BCUT2D eigenvalue weighted by Gasteiger charge is 2.34. The van der Waals surface area contributed by atoms with Gasteiger partial charge in [-0.3, -0.25) is 4.90 Å². The van der Waals surface area contributed by atoms with E-state index in [2.05, 4.69) is 41.1 Å². The summed E-state index contributed by atoms with van der Waals surface area (Å²) in [5.41, 5.74) is 3.62. The van der Waals surface area contributed by atoms with E-state index in [-0.39, 0.29) is 0 Å². The van der Waals surface area contributed by atoms with Crippen LogP contribution in [0.1, 0.15) is 12.5 Å². The highest BCUT2D eigenvalue weighted by atomic mass is 32.2. The van der Waals surface area contributed by atoms with Crippen molar-refractivity contribution >= 4 is 29.0 Å². The van der Waals surface area contributed by atoms with Crippen LogP contribution in [-0.2, 0) is 6.42 Å². The summed E-state index contributed by atoms with van der Waals surface area (Å²) in [5.74, 6) is 2.56. The van der Waals surface area contributed by atoms with Crippen LogP contribution in [0.2, 0.25) is 0 Å². The quantitative estimate of drug-likeness (QED) is 0.397. The fourth-order valence-corrected chi connectivity index (χ4v) is 4.20. The number of benzene rings is 2. The third kappa shape index (κ3) is 1.82. The van der Waals surface area contributed by atoms with E-state index in [1.165, 1.54) is 21.0 Å². The molecule has 0 radical (unpaired) electrons. The average molecular weight is 318 g/mol. The Bertz CT molecular complexity index is 924. The lowest BCUT2D eigenvalue weighted by molar-refractivity contribution is 0.472. The van der Waals surface area contributed by atoms with E-state index < -0.39 is 0 Å². The van der Waals surface area contributed by atoms with Crippen molar-refractivity contribution < 1.29 is 4.74 Å². The number of anilines is 3. The van der Waals surface area contributed by atoms with Gasteiger partial charge in [0.25, 0.3) is 0 Å². The highest BCUT2D eigenvalue weighted by molar-refractivity contribution is 7.99. The number of aryl methyl sites for hydroxylation is 1. The zero-order valence-electron chi connectivity index (χ0n) is 12.6. The molecule has 0 aliphatic carbocycles. The number of para-hydroxylation sites is 1. The molecular formula is C19H14N2OS. The van der Waals surface area contributed by atoms with Gasteiger partial charge in [-0.25, -0.2) is 4.98 Å². The first-order chi connectivity index (χ1) is 11.3. The first-order valence-electron chi connectivity index (χ1n) is 7.72. The minimum atomic E-state index is 0.803. The Morgan fingerprint density at radius 3 is 2.87 bits per heavy atom. The maximum Gasteiger partial charge on any atom is 0.181 e. The van der Waals surface area contributed by atoms with Gasteiger partial charge in [-0.15, -0.1) is 0 Å². The number of rotatable bonds is 1. The van der Waals surface area contributed by atoms with Gasteiger partial charge in [0, 0.05) is 16.0 Å². The summed E-state index contributed by atoms with van der Waals surface area (Å²) in [4.78, 5) is 9.30. The van der Waals surface area contributed by atoms with Crippen molar-refractivity contribution in [3.63, 3.8) is 0 Å². The monoisotopic (exact) mass is 318 g/mol. The second kappa shape index (κ2) is 4.77. The van der Waals surface area contributed by atoms with Gasteiger partial charge >= 0.3 is 0 Å². The summed E-state index contributed by atoms with van der Waals surface area (Å²) < 4.78 is 6.08. The zero-order valence-corrected chi connectivity index (χ0v) is 13.4. The van der Waals surface area contributed by atoms with Gasteiger partial charge in [-0.1, -0.05) is 30.8 Å². The van der Waals surface area contributed by atoms with E-state index >= 15 is 0 Å². The fourth-order valence-electron chi connectivity index (χ4n) is 3.14. The normalized spacial score (nSPS) is 13.7. The second-order valence-electron chi connectivity index (χ2n) is 5.62. The topological polar surface area (TPSA) is 25.4 Å². The van der Waals surface area contributed by atoms with Crippen molar-refractivity contribution in [3.05, 3.63) is 60.3 Å². The number of hydrogen-bond donors (Lipinski definition) is 0. The summed E-state index contributed by atoms with van der Waals surface area (Å²) in [7, 11) is 0. The Morgan fingerprint density at radius 1 is 1.04 bits per heavy atom. The summed E-state index contributed by atoms with van der Waals surface area (Å²) in [6.07, 6.45) is 2.84. The first kappa shape index (κ1) is 13.0. The SMILES string of the molecule is CCc1ccc2c(c1)N1c3ncccc3Oc3cccc(c31)S2. The Morgan fingerprint density at radius 2 is 1.96 bits per heavy atom. The Hall–Kier alpha value is -2.46. The molecule has 0 saturated heterocycles. The minimum absolute atomic E-state index is 0.803. The number of ether oxygens (including phenoxy) is 1. The van der Waals surface area contributed by atoms with Crippen LogP contribution in [0.4, 0.5) is 17.2 Å². The predicted octanol–water partition coefficient (Wildman–Crippen LogP) is 5.68. The molecule has 0 unspecified atom stereocenters. The van der Waals surface area contributed by atoms with Crippen molar-refractivity contribution in [1.29, 1.82) is 0 Å². The van der Waals surface area contributed by atoms with Gasteiger partial charge in [0.2, 0.25) is 0 Å². The maximum atomic E-state index is 6.08. The Labute approximate surface area is 138 Å². The van der Waals surface area contributed by atoms with Gasteiger partial charge in [-0.2, -0.15) is 0 Å². The molecule has 2 aliphatic rings. The lowest BCUT2D eigenvalue weighted by Crippen LogP contribution is -2.20.